The van der Waals surface area contributed by atoms with Gasteiger partial charge in [0.2, 0.25) is 5.91 Å². The van der Waals surface area contributed by atoms with Gasteiger partial charge in [-0.3, -0.25) is 4.79 Å². The average Bonchev–Trinajstić information content (AvgIpc) is 2.95. The molecule has 1 aromatic rings. The second kappa shape index (κ2) is 7.97. The van der Waals surface area contributed by atoms with Crippen molar-refractivity contribution in [1.82, 2.24) is 14.5 Å². The number of piperidine rings is 1. The van der Waals surface area contributed by atoms with E-state index >= 15 is 0 Å². The Bertz CT molecular complexity index is 486. The molecule has 126 valence electrons. The zero-order chi connectivity index (χ0) is 15.5. The summed E-state index contributed by atoms with van der Waals surface area (Å²) in [7, 11) is 0. The molecule has 1 saturated heterocycles. The lowest BCUT2D eigenvalue weighted by atomic mass is 9.94. The Labute approximate surface area is 139 Å². The van der Waals surface area contributed by atoms with Crippen molar-refractivity contribution in [3.63, 3.8) is 0 Å². The number of carbonyl (C=O) groups excluding carboxylic acids is 1. The smallest absolute Gasteiger partial charge is 0.242 e. The van der Waals surface area contributed by atoms with E-state index in [1.807, 2.05) is 24.2 Å². The van der Waals surface area contributed by atoms with Crippen molar-refractivity contribution in [3.8, 4) is 0 Å². The maximum Gasteiger partial charge on any atom is 0.242 e. The van der Waals surface area contributed by atoms with E-state index in [0.717, 1.165) is 51.0 Å². The third-order valence-corrected chi connectivity index (χ3v) is 4.40. The fourth-order valence-corrected chi connectivity index (χ4v) is 3.30. The van der Waals surface area contributed by atoms with Crippen LogP contribution < -0.4 is 5.73 Å². The number of likely N-dealkylation sites (tertiary alicyclic amines) is 1. The van der Waals surface area contributed by atoms with Crippen molar-refractivity contribution < 1.29 is 4.79 Å². The molecule has 5 nitrogen and oxygen atoms in total. The van der Waals surface area contributed by atoms with E-state index in [-0.39, 0.29) is 18.3 Å². The first-order chi connectivity index (χ1) is 9.99. The summed E-state index contributed by atoms with van der Waals surface area (Å²) in [5.74, 6) is 1.19. The molecule has 1 aliphatic rings. The number of rotatable bonds is 5. The van der Waals surface area contributed by atoms with Crippen LogP contribution in [-0.2, 0) is 11.2 Å². The molecule has 1 aromatic heterocycles. The van der Waals surface area contributed by atoms with E-state index in [9.17, 15) is 4.79 Å². The van der Waals surface area contributed by atoms with Gasteiger partial charge in [-0.2, -0.15) is 0 Å². The zero-order valence-corrected chi connectivity index (χ0v) is 14.7. The standard InChI is InChI=1S/C16H28N4O.ClH/c1-4-8-16(3,17)15(21)19-10-6-7-13(12-19)20-11-9-18-14(20)5-2;/h9,11,13H,4-8,10,12,17H2,1-3H3;1H. The van der Waals surface area contributed by atoms with Crippen LogP contribution in [0.15, 0.2) is 12.4 Å². The van der Waals surface area contributed by atoms with Gasteiger partial charge in [-0.15, -0.1) is 12.4 Å². The van der Waals surface area contributed by atoms with Crippen LogP contribution in [0.1, 0.15) is 58.3 Å². The molecule has 2 unspecified atom stereocenters. The molecule has 2 N–H and O–H groups in total. The van der Waals surface area contributed by atoms with Crippen LogP contribution in [0.5, 0.6) is 0 Å². The highest BCUT2D eigenvalue weighted by Gasteiger charge is 2.34. The van der Waals surface area contributed by atoms with Crippen LogP contribution in [0.2, 0.25) is 0 Å². The number of nitrogens with zero attached hydrogens (tertiary/aromatic N) is 3. The highest BCUT2D eigenvalue weighted by Crippen LogP contribution is 2.25. The fraction of sp³-hybridized carbons (Fsp3) is 0.750. The molecular formula is C16H29ClN4O. The number of carbonyl (C=O) groups is 1. The first kappa shape index (κ1) is 19.0. The summed E-state index contributed by atoms with van der Waals surface area (Å²) in [5, 5.41) is 0. The Morgan fingerprint density at radius 1 is 1.50 bits per heavy atom. The Morgan fingerprint density at radius 2 is 2.23 bits per heavy atom. The minimum Gasteiger partial charge on any atom is -0.339 e. The predicted octanol–water partition coefficient (Wildman–Crippen LogP) is 2.55. The minimum atomic E-state index is -0.737. The Hall–Kier alpha value is -1.07. The number of amides is 1. The molecule has 0 aromatic carbocycles. The molecule has 0 saturated carbocycles. The number of imidazole rings is 1. The van der Waals surface area contributed by atoms with Crippen molar-refractivity contribution in [3.05, 3.63) is 18.2 Å². The van der Waals surface area contributed by atoms with Crippen LogP contribution in [0, 0.1) is 0 Å². The number of halogens is 1. The van der Waals surface area contributed by atoms with Crippen LogP contribution in [0.4, 0.5) is 0 Å². The second-order valence-corrected chi connectivity index (χ2v) is 6.32. The lowest BCUT2D eigenvalue weighted by Crippen LogP contribution is -2.55. The van der Waals surface area contributed by atoms with Crippen LogP contribution in [0.25, 0.3) is 0 Å². The van der Waals surface area contributed by atoms with Crippen molar-refractivity contribution in [2.45, 2.75) is 64.5 Å². The lowest BCUT2D eigenvalue weighted by Gasteiger charge is -2.38. The van der Waals surface area contributed by atoms with Gasteiger partial charge in [0.25, 0.3) is 0 Å². The van der Waals surface area contributed by atoms with Gasteiger partial charge in [-0.25, -0.2) is 4.98 Å². The summed E-state index contributed by atoms with van der Waals surface area (Å²) in [5.41, 5.74) is 5.47. The van der Waals surface area contributed by atoms with Crippen molar-refractivity contribution in [1.29, 1.82) is 0 Å². The Kier molecular flexibility index (Phi) is 6.88. The van der Waals surface area contributed by atoms with Gasteiger partial charge in [-0.1, -0.05) is 20.3 Å². The summed E-state index contributed by atoms with van der Waals surface area (Å²) in [4.78, 5) is 19.0. The molecule has 6 heteroatoms. The molecule has 0 bridgehead atoms. The van der Waals surface area contributed by atoms with E-state index in [0.29, 0.717) is 6.04 Å². The van der Waals surface area contributed by atoms with Gasteiger partial charge in [0.1, 0.15) is 5.82 Å². The van der Waals surface area contributed by atoms with Crippen molar-refractivity contribution in [2.24, 2.45) is 5.73 Å². The van der Waals surface area contributed by atoms with Crippen LogP contribution >= 0.6 is 12.4 Å². The third-order valence-electron chi connectivity index (χ3n) is 4.40. The molecule has 2 atom stereocenters. The molecule has 0 radical (unpaired) electrons. The van der Waals surface area contributed by atoms with E-state index in [2.05, 4.69) is 23.4 Å². The number of hydrogen-bond acceptors (Lipinski definition) is 3. The molecule has 1 aliphatic heterocycles. The molecule has 1 amide bonds. The molecule has 2 rings (SSSR count). The molecule has 1 fully saturated rings. The molecule has 22 heavy (non-hydrogen) atoms. The largest absolute Gasteiger partial charge is 0.339 e. The topological polar surface area (TPSA) is 64.2 Å². The average molecular weight is 329 g/mol. The van der Waals surface area contributed by atoms with Gasteiger partial charge in [-0.05, 0) is 26.2 Å². The summed E-state index contributed by atoms with van der Waals surface area (Å²) < 4.78 is 2.23. The summed E-state index contributed by atoms with van der Waals surface area (Å²) in [6.45, 7) is 7.61. The van der Waals surface area contributed by atoms with Crippen LogP contribution in [-0.4, -0.2) is 39.0 Å². The maximum atomic E-state index is 12.7. The number of aromatic nitrogens is 2. The quantitative estimate of drug-likeness (QED) is 0.903. The number of aryl methyl sites for hydroxylation is 1. The van der Waals surface area contributed by atoms with E-state index < -0.39 is 5.54 Å². The SMILES string of the molecule is CCCC(C)(N)C(=O)N1CCCC(n2ccnc2CC)C1.Cl. The molecule has 0 aliphatic carbocycles. The second-order valence-electron chi connectivity index (χ2n) is 6.32. The van der Waals surface area contributed by atoms with Crippen LogP contribution in [0.3, 0.4) is 0 Å². The highest BCUT2D eigenvalue weighted by atomic mass is 35.5. The van der Waals surface area contributed by atoms with E-state index in [1.54, 1.807) is 0 Å². The molecular weight excluding hydrogens is 300 g/mol. The van der Waals surface area contributed by atoms with Gasteiger partial charge in [0, 0.05) is 31.9 Å². The summed E-state index contributed by atoms with van der Waals surface area (Å²) in [6, 6.07) is 0.331. The van der Waals surface area contributed by atoms with E-state index in [4.69, 9.17) is 5.73 Å². The van der Waals surface area contributed by atoms with Crippen molar-refractivity contribution in [2.75, 3.05) is 13.1 Å². The van der Waals surface area contributed by atoms with Gasteiger partial charge in [0.15, 0.2) is 0 Å². The predicted molar refractivity (Wildman–Crippen MR) is 91.2 cm³/mol. The first-order valence-corrected chi connectivity index (χ1v) is 8.09. The fourth-order valence-electron chi connectivity index (χ4n) is 3.30. The summed E-state index contributed by atoms with van der Waals surface area (Å²) in [6.07, 6.45) is 8.59. The Morgan fingerprint density at radius 3 is 2.86 bits per heavy atom. The molecule has 0 spiro atoms. The monoisotopic (exact) mass is 328 g/mol. The minimum absolute atomic E-state index is 0. The zero-order valence-electron chi connectivity index (χ0n) is 13.9. The first-order valence-electron chi connectivity index (χ1n) is 8.09. The van der Waals surface area contributed by atoms with Gasteiger partial charge < -0.3 is 15.2 Å². The number of nitrogens with two attached hydrogens (primary N) is 1. The van der Waals surface area contributed by atoms with Gasteiger partial charge in [0.05, 0.1) is 11.6 Å². The van der Waals surface area contributed by atoms with Crippen molar-refractivity contribution >= 4 is 18.3 Å². The number of hydrogen-bond donors (Lipinski definition) is 1. The van der Waals surface area contributed by atoms with Gasteiger partial charge >= 0.3 is 0 Å². The third kappa shape index (κ3) is 4.02. The normalized spacial score (nSPS) is 21.1. The lowest BCUT2D eigenvalue weighted by molar-refractivity contribution is -0.138. The maximum absolute atomic E-state index is 12.7. The molecule has 2 heterocycles. The Balaban J connectivity index is 0.00000242. The summed E-state index contributed by atoms with van der Waals surface area (Å²) >= 11 is 0. The highest BCUT2D eigenvalue weighted by molar-refractivity contribution is 5.86. The van der Waals surface area contributed by atoms with E-state index in [1.165, 1.54) is 0 Å².